The van der Waals surface area contributed by atoms with E-state index in [9.17, 15) is 4.39 Å². The first-order valence-electron chi connectivity index (χ1n) is 6.95. The lowest BCUT2D eigenvalue weighted by Crippen LogP contribution is -2.38. The Labute approximate surface area is 123 Å². The molecule has 1 aromatic heterocycles. The lowest BCUT2D eigenvalue weighted by atomic mass is 10.0. The zero-order valence-electron chi connectivity index (χ0n) is 12.0. The first-order valence-corrected chi connectivity index (χ1v) is 6.95. The minimum absolute atomic E-state index is 0.272. The first-order chi connectivity index (χ1) is 10.2. The highest BCUT2D eigenvalue weighted by Gasteiger charge is 2.22. The van der Waals surface area contributed by atoms with Gasteiger partial charge >= 0.3 is 0 Å². The Morgan fingerprint density at radius 2 is 2.05 bits per heavy atom. The third-order valence-electron chi connectivity index (χ3n) is 3.73. The van der Waals surface area contributed by atoms with Gasteiger partial charge in [-0.3, -0.25) is 0 Å². The summed E-state index contributed by atoms with van der Waals surface area (Å²) in [5, 5.41) is 0. The van der Waals surface area contributed by atoms with Gasteiger partial charge in [0.05, 0.1) is 12.8 Å². The topological polar surface area (TPSA) is 25.4 Å². The fraction of sp³-hybridized carbons (Fsp3) is 0.235. The molecule has 108 valence electrons. The van der Waals surface area contributed by atoms with Gasteiger partial charge in [0.15, 0.2) is 0 Å². The maximum Gasteiger partial charge on any atom is 0.137 e. The first kappa shape index (κ1) is 13.6. The highest BCUT2D eigenvalue weighted by molar-refractivity contribution is 5.78. The Kier molecular flexibility index (Phi) is 3.60. The summed E-state index contributed by atoms with van der Waals surface area (Å²) < 4.78 is 19.4. The van der Waals surface area contributed by atoms with Gasteiger partial charge in [0, 0.05) is 24.2 Å². The van der Waals surface area contributed by atoms with Gasteiger partial charge in [-0.1, -0.05) is 6.58 Å². The van der Waals surface area contributed by atoms with Crippen LogP contribution in [0.5, 0.6) is 5.75 Å². The number of rotatable bonds is 4. The van der Waals surface area contributed by atoms with Gasteiger partial charge in [-0.2, -0.15) is 0 Å². The number of methoxy groups -OCH3 is 1. The number of hydrogen-bond donors (Lipinski definition) is 0. The second kappa shape index (κ2) is 5.56. The van der Waals surface area contributed by atoms with Gasteiger partial charge in [-0.25, -0.2) is 9.37 Å². The second-order valence-corrected chi connectivity index (χ2v) is 5.00. The van der Waals surface area contributed by atoms with Gasteiger partial charge in [0.1, 0.15) is 17.4 Å². The van der Waals surface area contributed by atoms with Crippen LogP contribution >= 0.6 is 0 Å². The fourth-order valence-electron chi connectivity index (χ4n) is 2.39. The molecule has 0 atom stereocenters. The number of benzene rings is 1. The molecule has 0 radical (unpaired) electrons. The molecule has 2 heterocycles. The molecule has 1 aliphatic heterocycles. The summed E-state index contributed by atoms with van der Waals surface area (Å²) in [7, 11) is 1.58. The molecule has 4 heteroatoms. The van der Waals surface area contributed by atoms with Crippen molar-refractivity contribution in [3.8, 4) is 16.9 Å². The van der Waals surface area contributed by atoms with E-state index in [1.807, 2.05) is 12.1 Å². The van der Waals surface area contributed by atoms with E-state index < -0.39 is 0 Å². The molecule has 0 bridgehead atoms. The molecule has 1 fully saturated rings. The van der Waals surface area contributed by atoms with Gasteiger partial charge in [0.25, 0.3) is 0 Å². The summed E-state index contributed by atoms with van der Waals surface area (Å²) in [6.45, 7) is 5.65. The van der Waals surface area contributed by atoms with E-state index in [1.165, 1.54) is 6.07 Å². The van der Waals surface area contributed by atoms with Crippen molar-refractivity contribution >= 4 is 11.9 Å². The summed E-state index contributed by atoms with van der Waals surface area (Å²) in [5.74, 6) is 1.17. The van der Waals surface area contributed by atoms with E-state index in [0.717, 1.165) is 36.6 Å². The summed E-state index contributed by atoms with van der Waals surface area (Å²) in [6, 6.07) is 8.51. The number of halogens is 1. The molecule has 0 spiro atoms. The van der Waals surface area contributed by atoms with Crippen LogP contribution in [-0.2, 0) is 0 Å². The van der Waals surface area contributed by atoms with Crippen molar-refractivity contribution in [2.24, 2.45) is 0 Å². The maximum absolute atomic E-state index is 14.2. The number of hydrogen-bond acceptors (Lipinski definition) is 3. The van der Waals surface area contributed by atoms with Gasteiger partial charge in [0.2, 0.25) is 0 Å². The largest absolute Gasteiger partial charge is 0.497 e. The summed E-state index contributed by atoms with van der Waals surface area (Å²) in [6.07, 6.45) is 2.84. The van der Waals surface area contributed by atoms with Crippen LogP contribution < -0.4 is 9.64 Å². The fourth-order valence-corrected chi connectivity index (χ4v) is 2.39. The standard InChI is InChI=1S/C17H17FN2O/c1-3-12-5-7-14(17(19-12)20-9-4-10-20)15-11-13(21-2)6-8-16(15)18/h3,5-8,11H,1,4,9-10H2,2H3. The molecular formula is C17H17FN2O. The van der Waals surface area contributed by atoms with Crippen LogP contribution in [0.25, 0.3) is 17.2 Å². The predicted octanol–water partition coefficient (Wildman–Crippen LogP) is 3.75. The van der Waals surface area contributed by atoms with Crippen LogP contribution in [0.15, 0.2) is 36.9 Å². The van der Waals surface area contributed by atoms with E-state index in [0.29, 0.717) is 11.3 Å². The molecule has 0 N–H and O–H groups in total. The van der Waals surface area contributed by atoms with Crippen LogP contribution in [0.4, 0.5) is 10.2 Å². The Morgan fingerprint density at radius 3 is 2.67 bits per heavy atom. The summed E-state index contributed by atoms with van der Waals surface area (Å²) >= 11 is 0. The molecular weight excluding hydrogens is 267 g/mol. The Hall–Kier alpha value is -2.36. The quantitative estimate of drug-likeness (QED) is 0.855. The molecule has 21 heavy (non-hydrogen) atoms. The van der Waals surface area contributed by atoms with Crippen LogP contribution in [0.2, 0.25) is 0 Å². The van der Waals surface area contributed by atoms with Crippen molar-refractivity contribution in [1.82, 2.24) is 4.98 Å². The molecule has 0 unspecified atom stereocenters. The van der Waals surface area contributed by atoms with Crippen molar-refractivity contribution in [2.75, 3.05) is 25.1 Å². The number of nitrogens with zero attached hydrogens (tertiary/aromatic N) is 2. The number of aromatic nitrogens is 1. The summed E-state index contributed by atoms with van der Waals surface area (Å²) in [5.41, 5.74) is 2.10. The minimum atomic E-state index is -0.272. The van der Waals surface area contributed by atoms with Crippen molar-refractivity contribution in [3.63, 3.8) is 0 Å². The molecule has 1 saturated heterocycles. The third kappa shape index (κ3) is 2.49. The lowest BCUT2D eigenvalue weighted by molar-refractivity contribution is 0.414. The van der Waals surface area contributed by atoms with Crippen molar-refractivity contribution in [3.05, 3.63) is 48.4 Å². The van der Waals surface area contributed by atoms with Gasteiger partial charge < -0.3 is 9.64 Å². The SMILES string of the molecule is C=Cc1ccc(-c2cc(OC)ccc2F)c(N2CCC2)n1. The van der Waals surface area contributed by atoms with E-state index in [4.69, 9.17) is 4.74 Å². The maximum atomic E-state index is 14.2. The van der Waals surface area contributed by atoms with Crippen molar-refractivity contribution in [1.29, 1.82) is 0 Å². The van der Waals surface area contributed by atoms with E-state index in [-0.39, 0.29) is 5.82 Å². The molecule has 3 rings (SSSR count). The highest BCUT2D eigenvalue weighted by atomic mass is 19.1. The molecule has 2 aromatic rings. The van der Waals surface area contributed by atoms with Crippen LogP contribution in [0, 0.1) is 5.82 Å². The molecule has 0 saturated carbocycles. The van der Waals surface area contributed by atoms with Crippen LogP contribution in [0.1, 0.15) is 12.1 Å². The van der Waals surface area contributed by atoms with E-state index in [2.05, 4.69) is 16.5 Å². The number of pyridine rings is 1. The molecule has 0 amide bonds. The van der Waals surface area contributed by atoms with E-state index in [1.54, 1.807) is 25.3 Å². The predicted molar refractivity (Wildman–Crippen MR) is 83.1 cm³/mol. The number of anilines is 1. The third-order valence-corrected chi connectivity index (χ3v) is 3.73. The average Bonchev–Trinajstić information content (AvgIpc) is 2.46. The lowest BCUT2D eigenvalue weighted by Gasteiger charge is -2.33. The van der Waals surface area contributed by atoms with Gasteiger partial charge in [-0.05, 0) is 42.8 Å². The zero-order chi connectivity index (χ0) is 14.8. The van der Waals surface area contributed by atoms with Crippen LogP contribution in [0.3, 0.4) is 0 Å². The molecule has 3 nitrogen and oxygen atoms in total. The Balaban J connectivity index is 2.14. The minimum Gasteiger partial charge on any atom is -0.497 e. The van der Waals surface area contributed by atoms with Crippen LogP contribution in [-0.4, -0.2) is 25.2 Å². The van der Waals surface area contributed by atoms with Crippen molar-refractivity contribution in [2.45, 2.75) is 6.42 Å². The zero-order valence-corrected chi connectivity index (χ0v) is 12.0. The van der Waals surface area contributed by atoms with Gasteiger partial charge in [-0.15, -0.1) is 0 Å². The van der Waals surface area contributed by atoms with E-state index >= 15 is 0 Å². The highest BCUT2D eigenvalue weighted by Crippen LogP contribution is 2.35. The molecule has 1 aliphatic rings. The molecule has 1 aromatic carbocycles. The van der Waals surface area contributed by atoms with Crippen molar-refractivity contribution < 1.29 is 9.13 Å². The Bertz CT molecular complexity index is 680. The molecule has 0 aliphatic carbocycles. The number of ether oxygens (including phenoxy) is 1. The second-order valence-electron chi connectivity index (χ2n) is 5.00. The Morgan fingerprint density at radius 1 is 1.24 bits per heavy atom. The smallest absolute Gasteiger partial charge is 0.137 e. The average molecular weight is 284 g/mol. The normalized spacial score (nSPS) is 13.7. The monoisotopic (exact) mass is 284 g/mol. The summed E-state index contributed by atoms with van der Waals surface area (Å²) in [4.78, 5) is 6.74.